The van der Waals surface area contributed by atoms with Crippen LogP contribution in [0.5, 0.6) is 11.5 Å². The zero-order valence-corrected chi connectivity index (χ0v) is 27.9. The summed E-state index contributed by atoms with van der Waals surface area (Å²) >= 11 is 0. The molecule has 3 aromatic rings. The molecule has 246 valence electrons. The minimum absolute atomic E-state index is 0.00405. The average Bonchev–Trinajstić information content (AvgIpc) is 3.46. The fraction of sp³-hybridized carbons (Fsp3) is 0.474. The molecule has 0 spiro atoms. The van der Waals surface area contributed by atoms with Gasteiger partial charge in [0.2, 0.25) is 0 Å². The predicted octanol–water partition coefficient (Wildman–Crippen LogP) is 6.81. The monoisotopic (exact) mass is 628 g/mol. The van der Waals surface area contributed by atoms with Gasteiger partial charge in [0.1, 0.15) is 23.7 Å². The fourth-order valence-electron chi connectivity index (χ4n) is 6.27. The molecule has 1 heterocycles. The van der Waals surface area contributed by atoms with Crippen molar-refractivity contribution in [2.24, 2.45) is 11.8 Å². The Morgan fingerprint density at radius 2 is 1.46 bits per heavy atom. The first-order valence-corrected chi connectivity index (χ1v) is 16.2. The highest BCUT2D eigenvalue weighted by Gasteiger charge is 2.59. The highest BCUT2D eigenvalue weighted by molar-refractivity contribution is 5.73. The number of hydrogen-bond acceptors (Lipinski definition) is 6. The zero-order chi connectivity index (χ0) is 33.1. The molecule has 46 heavy (non-hydrogen) atoms. The number of nitrogens with zero attached hydrogens (tertiary/aromatic N) is 2. The number of piperidine rings is 1. The van der Waals surface area contributed by atoms with Gasteiger partial charge in [-0.3, -0.25) is 4.90 Å². The lowest BCUT2D eigenvalue weighted by atomic mass is 9.87. The van der Waals surface area contributed by atoms with Crippen LogP contribution in [-0.2, 0) is 27.9 Å². The van der Waals surface area contributed by atoms with E-state index in [9.17, 15) is 14.7 Å². The molecule has 8 nitrogen and oxygen atoms in total. The maximum absolute atomic E-state index is 13.3. The van der Waals surface area contributed by atoms with Crippen molar-refractivity contribution < 1.29 is 28.9 Å². The van der Waals surface area contributed by atoms with Crippen molar-refractivity contribution in [3.05, 3.63) is 95.6 Å². The first-order chi connectivity index (χ1) is 21.8. The standard InChI is InChI=1S/C38H48N2O6/c1-37(2,3)28-14-18-30(19-15-28)45-33(35(41)42)22-26-12-16-29(17-13-26)44-21-20-40(36(43)46-38(4,5)6)34-31-24-39(25-32(31)34)23-27-10-8-7-9-11-27/h7-19,31-34H,20-25H2,1-6H3,(H,41,42)/t31-,32?,33+,34+/m1/s1. The molecule has 2 aliphatic rings. The number of likely N-dealkylation sites (tertiary alicyclic amines) is 1. The molecule has 0 bridgehead atoms. The van der Waals surface area contributed by atoms with Crippen LogP contribution in [0.15, 0.2) is 78.9 Å². The van der Waals surface area contributed by atoms with Gasteiger partial charge < -0.3 is 24.2 Å². The maximum atomic E-state index is 13.3. The van der Waals surface area contributed by atoms with E-state index in [4.69, 9.17) is 14.2 Å². The number of carboxylic acids is 1. The van der Waals surface area contributed by atoms with E-state index >= 15 is 0 Å². The molecular formula is C38H48N2O6. The summed E-state index contributed by atoms with van der Waals surface area (Å²) in [5.74, 6) is 1.05. The number of carboxylic acid groups (broad SMARTS) is 1. The molecule has 3 aromatic carbocycles. The summed E-state index contributed by atoms with van der Waals surface area (Å²) in [7, 11) is 0. The van der Waals surface area contributed by atoms with Gasteiger partial charge in [-0.2, -0.15) is 0 Å². The lowest BCUT2D eigenvalue weighted by Crippen LogP contribution is -2.43. The van der Waals surface area contributed by atoms with Crippen LogP contribution in [0.2, 0.25) is 0 Å². The number of carbonyl (C=O) groups is 2. The number of benzene rings is 3. The highest BCUT2D eigenvalue weighted by Crippen LogP contribution is 2.49. The van der Waals surface area contributed by atoms with E-state index in [1.165, 1.54) is 5.56 Å². The SMILES string of the molecule is CC(C)(C)OC(=O)N(CCOc1ccc(C[C@H](Oc2ccc(C(C)(C)C)cc2)C(=O)O)cc1)[C@@H]1C2CN(Cc3ccccc3)C[C@H]21. The van der Waals surface area contributed by atoms with E-state index in [2.05, 4.69) is 49.9 Å². The second-order valence-corrected chi connectivity index (χ2v) is 14.6. The Kier molecular flexibility index (Phi) is 9.96. The Morgan fingerprint density at radius 1 is 0.848 bits per heavy atom. The molecule has 5 rings (SSSR count). The number of rotatable bonds is 12. The fourth-order valence-corrected chi connectivity index (χ4v) is 6.27. The van der Waals surface area contributed by atoms with Crippen molar-refractivity contribution >= 4 is 12.1 Å². The summed E-state index contributed by atoms with van der Waals surface area (Å²) in [5, 5.41) is 9.81. The van der Waals surface area contributed by atoms with Crippen molar-refractivity contribution in [2.45, 2.75) is 77.7 Å². The molecule has 2 fully saturated rings. The van der Waals surface area contributed by atoms with Gasteiger partial charge in [0.25, 0.3) is 0 Å². The lowest BCUT2D eigenvalue weighted by molar-refractivity contribution is -0.145. The summed E-state index contributed by atoms with van der Waals surface area (Å²) in [6, 6.07) is 25.6. The largest absolute Gasteiger partial charge is 0.492 e. The maximum Gasteiger partial charge on any atom is 0.410 e. The third-order valence-electron chi connectivity index (χ3n) is 8.68. The van der Waals surface area contributed by atoms with Crippen molar-refractivity contribution in [2.75, 3.05) is 26.2 Å². The summed E-state index contributed by atoms with van der Waals surface area (Å²) < 4.78 is 17.7. The second kappa shape index (κ2) is 13.8. The smallest absolute Gasteiger partial charge is 0.410 e. The van der Waals surface area contributed by atoms with Gasteiger partial charge in [-0.25, -0.2) is 9.59 Å². The summed E-state index contributed by atoms with van der Waals surface area (Å²) in [6.07, 6.45) is -1.10. The number of hydrogen-bond donors (Lipinski definition) is 1. The molecule has 8 heteroatoms. The summed E-state index contributed by atoms with van der Waals surface area (Å²) in [5.41, 5.74) is 2.71. The summed E-state index contributed by atoms with van der Waals surface area (Å²) in [4.78, 5) is 29.6. The Balaban J connectivity index is 1.14. The second-order valence-electron chi connectivity index (χ2n) is 14.6. The van der Waals surface area contributed by atoms with Crippen LogP contribution < -0.4 is 9.47 Å². The predicted molar refractivity (Wildman–Crippen MR) is 178 cm³/mol. The van der Waals surface area contributed by atoms with Gasteiger partial charge in [-0.15, -0.1) is 0 Å². The van der Waals surface area contributed by atoms with E-state index in [0.29, 0.717) is 36.5 Å². The third kappa shape index (κ3) is 8.81. The Hall–Kier alpha value is -4.04. The van der Waals surface area contributed by atoms with Crippen LogP contribution in [0.1, 0.15) is 58.2 Å². The topological polar surface area (TPSA) is 88.5 Å². The van der Waals surface area contributed by atoms with Gasteiger partial charge in [-0.05, 0) is 79.0 Å². The third-order valence-corrected chi connectivity index (χ3v) is 8.68. The first-order valence-electron chi connectivity index (χ1n) is 16.2. The summed E-state index contributed by atoms with van der Waals surface area (Å²) in [6.45, 7) is 15.7. The van der Waals surface area contributed by atoms with Gasteiger partial charge in [0, 0.05) is 32.1 Å². The Bertz CT molecular complexity index is 1450. The number of aliphatic carboxylic acids is 1. The van der Waals surface area contributed by atoms with E-state index in [1.807, 2.05) is 80.3 Å². The van der Waals surface area contributed by atoms with E-state index < -0.39 is 17.7 Å². The van der Waals surface area contributed by atoms with E-state index in [0.717, 1.165) is 30.8 Å². The van der Waals surface area contributed by atoms with Crippen LogP contribution in [0.4, 0.5) is 4.79 Å². The van der Waals surface area contributed by atoms with Gasteiger partial charge in [0.15, 0.2) is 6.10 Å². The zero-order valence-electron chi connectivity index (χ0n) is 27.9. The molecule has 1 aliphatic carbocycles. The average molecular weight is 629 g/mol. The van der Waals surface area contributed by atoms with Crippen molar-refractivity contribution in [3.63, 3.8) is 0 Å². The van der Waals surface area contributed by atoms with Crippen LogP contribution in [0, 0.1) is 11.8 Å². The minimum atomic E-state index is -1.02. The van der Waals surface area contributed by atoms with Gasteiger partial charge in [0.05, 0.1) is 6.54 Å². The van der Waals surface area contributed by atoms with Crippen molar-refractivity contribution in [1.82, 2.24) is 9.80 Å². The molecule has 1 saturated carbocycles. The highest BCUT2D eigenvalue weighted by atomic mass is 16.6. The van der Waals surface area contributed by atoms with Gasteiger partial charge in [-0.1, -0.05) is 75.4 Å². The molecule has 1 N–H and O–H groups in total. The van der Waals surface area contributed by atoms with Crippen LogP contribution >= 0.6 is 0 Å². The molecule has 1 saturated heterocycles. The quantitative estimate of drug-likeness (QED) is 0.236. The molecule has 4 atom stereocenters. The molecular weight excluding hydrogens is 580 g/mol. The molecule has 1 aliphatic heterocycles. The number of carbonyl (C=O) groups excluding carboxylic acids is 1. The molecule has 0 aromatic heterocycles. The van der Waals surface area contributed by atoms with Crippen molar-refractivity contribution in [1.29, 1.82) is 0 Å². The van der Waals surface area contributed by atoms with Gasteiger partial charge >= 0.3 is 12.1 Å². The Labute approximate surface area is 273 Å². The van der Waals surface area contributed by atoms with Crippen LogP contribution in [0.25, 0.3) is 0 Å². The minimum Gasteiger partial charge on any atom is -0.492 e. The Morgan fingerprint density at radius 3 is 2.02 bits per heavy atom. The lowest BCUT2D eigenvalue weighted by Gasteiger charge is -2.30. The molecule has 0 radical (unpaired) electrons. The van der Waals surface area contributed by atoms with Crippen LogP contribution in [-0.4, -0.2) is 71.0 Å². The molecule has 1 amide bonds. The normalized spacial score (nSPS) is 20.0. The first kappa shape index (κ1) is 33.3. The van der Waals surface area contributed by atoms with E-state index in [1.54, 1.807) is 0 Å². The molecule has 1 unspecified atom stereocenters. The number of amides is 1. The van der Waals surface area contributed by atoms with E-state index in [-0.39, 0.29) is 24.0 Å². The van der Waals surface area contributed by atoms with Crippen molar-refractivity contribution in [3.8, 4) is 11.5 Å². The van der Waals surface area contributed by atoms with Crippen LogP contribution in [0.3, 0.4) is 0 Å². The number of ether oxygens (including phenoxy) is 3. The number of fused-ring (bicyclic) bond motifs is 1.